The first-order chi connectivity index (χ1) is 9.96. The van der Waals surface area contributed by atoms with Crippen LogP contribution in [0.4, 0.5) is 0 Å². The highest BCUT2D eigenvalue weighted by atomic mass is 32.2. The summed E-state index contributed by atoms with van der Waals surface area (Å²) in [4.78, 5) is 0.170. The standard InChI is InChI=1S/C13H20N4O3S/c1-3-4-17-9-13(5-12(17)10-18)21(19,20)15-7-11-6-14-16(2)8-11/h5-6,8-9,15,18H,3-4,7,10H2,1-2H3. The van der Waals surface area contributed by atoms with Crippen molar-refractivity contribution in [2.75, 3.05) is 0 Å². The summed E-state index contributed by atoms with van der Waals surface area (Å²) in [5.74, 6) is 0. The molecular weight excluding hydrogens is 292 g/mol. The average Bonchev–Trinajstić information content (AvgIpc) is 3.04. The Morgan fingerprint density at radius 2 is 2.14 bits per heavy atom. The minimum Gasteiger partial charge on any atom is -0.390 e. The van der Waals surface area contributed by atoms with Gasteiger partial charge >= 0.3 is 0 Å². The fourth-order valence-corrected chi connectivity index (χ4v) is 3.16. The van der Waals surface area contributed by atoms with Crippen LogP contribution in [0.5, 0.6) is 0 Å². The molecule has 0 fully saturated rings. The van der Waals surface area contributed by atoms with Gasteiger partial charge in [0.1, 0.15) is 0 Å². The summed E-state index contributed by atoms with van der Waals surface area (Å²) >= 11 is 0. The van der Waals surface area contributed by atoms with Gasteiger partial charge in [0.05, 0.1) is 17.7 Å². The second-order valence-corrected chi connectivity index (χ2v) is 6.63. The molecule has 116 valence electrons. The van der Waals surface area contributed by atoms with E-state index in [1.165, 1.54) is 6.07 Å². The quantitative estimate of drug-likeness (QED) is 0.783. The summed E-state index contributed by atoms with van der Waals surface area (Å²) in [7, 11) is -1.82. The molecular formula is C13H20N4O3S. The zero-order valence-corrected chi connectivity index (χ0v) is 13.0. The van der Waals surface area contributed by atoms with Crippen molar-refractivity contribution in [1.82, 2.24) is 19.1 Å². The molecule has 2 rings (SSSR count). The van der Waals surface area contributed by atoms with Crippen LogP contribution in [0.3, 0.4) is 0 Å². The number of nitrogens with zero attached hydrogens (tertiary/aromatic N) is 3. The molecule has 2 aromatic heterocycles. The highest BCUT2D eigenvalue weighted by molar-refractivity contribution is 7.89. The van der Waals surface area contributed by atoms with Crippen molar-refractivity contribution in [2.24, 2.45) is 7.05 Å². The Labute approximate surface area is 124 Å². The number of hydrogen-bond acceptors (Lipinski definition) is 4. The van der Waals surface area contributed by atoms with E-state index in [0.717, 1.165) is 12.0 Å². The SMILES string of the molecule is CCCn1cc(S(=O)(=O)NCc2cnn(C)c2)cc1CO. The van der Waals surface area contributed by atoms with Gasteiger partial charge < -0.3 is 9.67 Å². The number of aliphatic hydroxyl groups excluding tert-OH is 1. The van der Waals surface area contributed by atoms with Crippen LogP contribution in [-0.4, -0.2) is 27.9 Å². The third-order valence-corrected chi connectivity index (χ3v) is 4.49. The van der Waals surface area contributed by atoms with Crippen molar-refractivity contribution >= 4 is 10.0 Å². The van der Waals surface area contributed by atoms with Gasteiger partial charge in [-0.05, 0) is 12.5 Å². The van der Waals surface area contributed by atoms with Gasteiger partial charge in [0.25, 0.3) is 0 Å². The van der Waals surface area contributed by atoms with Crippen molar-refractivity contribution in [3.05, 3.63) is 35.9 Å². The van der Waals surface area contributed by atoms with Crippen molar-refractivity contribution in [3.8, 4) is 0 Å². The maximum Gasteiger partial charge on any atom is 0.242 e. The predicted octanol–water partition coefficient (Wildman–Crippen LogP) is 0.602. The summed E-state index contributed by atoms with van der Waals surface area (Å²) in [5.41, 5.74) is 1.38. The molecule has 21 heavy (non-hydrogen) atoms. The zero-order chi connectivity index (χ0) is 15.5. The molecule has 0 aliphatic rings. The molecule has 0 radical (unpaired) electrons. The molecule has 0 aromatic carbocycles. The van der Waals surface area contributed by atoms with Crippen molar-refractivity contribution < 1.29 is 13.5 Å². The number of sulfonamides is 1. The van der Waals surface area contributed by atoms with Gasteiger partial charge in [0.15, 0.2) is 0 Å². The zero-order valence-electron chi connectivity index (χ0n) is 12.2. The van der Waals surface area contributed by atoms with Crippen molar-refractivity contribution in [3.63, 3.8) is 0 Å². The third kappa shape index (κ3) is 3.72. The minimum atomic E-state index is -3.60. The normalized spacial score (nSPS) is 12.0. The monoisotopic (exact) mass is 312 g/mol. The van der Waals surface area contributed by atoms with Crippen LogP contribution >= 0.6 is 0 Å². The van der Waals surface area contributed by atoms with E-state index >= 15 is 0 Å². The number of hydrogen-bond donors (Lipinski definition) is 2. The fraction of sp³-hybridized carbons (Fsp3) is 0.462. The Balaban J connectivity index is 2.15. The highest BCUT2D eigenvalue weighted by Crippen LogP contribution is 2.15. The number of aliphatic hydroxyl groups is 1. The van der Waals surface area contributed by atoms with Crippen molar-refractivity contribution in [1.29, 1.82) is 0 Å². The molecule has 0 aliphatic carbocycles. The summed E-state index contributed by atoms with van der Waals surface area (Å²) in [6, 6.07) is 1.50. The summed E-state index contributed by atoms with van der Waals surface area (Å²) in [6.07, 6.45) is 5.79. The first-order valence-corrected chi connectivity index (χ1v) is 8.21. The van der Waals surface area contributed by atoms with E-state index < -0.39 is 10.0 Å². The van der Waals surface area contributed by atoms with E-state index in [1.807, 2.05) is 6.92 Å². The minimum absolute atomic E-state index is 0.170. The lowest BCUT2D eigenvalue weighted by molar-refractivity contribution is 0.270. The first kappa shape index (κ1) is 15.7. The Morgan fingerprint density at radius 3 is 2.71 bits per heavy atom. The summed E-state index contributed by atoms with van der Waals surface area (Å²) in [5, 5.41) is 13.3. The van der Waals surface area contributed by atoms with Crippen LogP contribution in [0.25, 0.3) is 0 Å². The summed E-state index contributed by atoms with van der Waals surface area (Å²) < 4.78 is 30.4. The number of aromatic nitrogens is 3. The van der Waals surface area contributed by atoms with Crippen LogP contribution in [-0.2, 0) is 36.8 Å². The average molecular weight is 312 g/mol. The van der Waals surface area contributed by atoms with Gasteiger partial charge in [0.2, 0.25) is 10.0 Å². The second kappa shape index (κ2) is 6.42. The summed E-state index contributed by atoms with van der Waals surface area (Å²) in [6.45, 7) is 2.67. The topological polar surface area (TPSA) is 89.2 Å². The highest BCUT2D eigenvalue weighted by Gasteiger charge is 2.18. The molecule has 2 heterocycles. The third-order valence-electron chi connectivity index (χ3n) is 3.12. The Bertz CT molecular complexity index is 703. The molecule has 0 saturated heterocycles. The van der Waals surface area contributed by atoms with Gasteiger partial charge in [-0.15, -0.1) is 0 Å². The van der Waals surface area contributed by atoms with Gasteiger partial charge in [-0.3, -0.25) is 4.68 Å². The molecule has 0 saturated carbocycles. The van der Waals surface area contributed by atoms with Gasteiger partial charge in [-0.2, -0.15) is 5.10 Å². The Morgan fingerprint density at radius 1 is 1.38 bits per heavy atom. The van der Waals surface area contributed by atoms with Gasteiger partial charge in [0, 0.05) is 43.8 Å². The van der Waals surface area contributed by atoms with E-state index in [1.54, 1.807) is 34.9 Å². The molecule has 0 aliphatic heterocycles. The lowest BCUT2D eigenvalue weighted by Gasteiger charge is -2.04. The lowest BCUT2D eigenvalue weighted by Crippen LogP contribution is -2.22. The van der Waals surface area contributed by atoms with Crippen LogP contribution in [0.15, 0.2) is 29.6 Å². The molecule has 2 N–H and O–H groups in total. The number of nitrogens with one attached hydrogen (secondary N) is 1. The van der Waals surface area contributed by atoms with E-state index in [-0.39, 0.29) is 18.0 Å². The largest absolute Gasteiger partial charge is 0.390 e. The van der Waals surface area contributed by atoms with Crippen LogP contribution in [0.2, 0.25) is 0 Å². The molecule has 0 spiro atoms. The molecule has 0 unspecified atom stereocenters. The molecule has 0 amide bonds. The molecule has 8 heteroatoms. The molecule has 0 atom stereocenters. The molecule has 7 nitrogen and oxygen atoms in total. The van der Waals surface area contributed by atoms with E-state index in [0.29, 0.717) is 12.2 Å². The maximum absolute atomic E-state index is 12.3. The van der Waals surface area contributed by atoms with E-state index in [9.17, 15) is 13.5 Å². The predicted molar refractivity (Wildman–Crippen MR) is 77.9 cm³/mol. The lowest BCUT2D eigenvalue weighted by atomic mass is 10.4. The van der Waals surface area contributed by atoms with E-state index in [4.69, 9.17) is 0 Å². The van der Waals surface area contributed by atoms with Crippen molar-refractivity contribution in [2.45, 2.75) is 37.9 Å². The molecule has 2 aromatic rings. The number of rotatable bonds is 7. The fourth-order valence-electron chi connectivity index (χ4n) is 2.08. The van der Waals surface area contributed by atoms with E-state index in [2.05, 4.69) is 9.82 Å². The van der Waals surface area contributed by atoms with Crippen LogP contribution < -0.4 is 4.72 Å². The van der Waals surface area contributed by atoms with Gasteiger partial charge in [-0.1, -0.05) is 6.92 Å². The maximum atomic E-state index is 12.3. The Kier molecular flexibility index (Phi) is 4.81. The second-order valence-electron chi connectivity index (χ2n) is 4.87. The number of aryl methyl sites for hydroxylation is 2. The van der Waals surface area contributed by atoms with Gasteiger partial charge in [-0.25, -0.2) is 13.1 Å². The smallest absolute Gasteiger partial charge is 0.242 e. The first-order valence-electron chi connectivity index (χ1n) is 6.73. The molecule has 0 bridgehead atoms. The Hall–Kier alpha value is -1.64. The van der Waals surface area contributed by atoms with Crippen LogP contribution in [0.1, 0.15) is 24.6 Å². The van der Waals surface area contributed by atoms with Crippen LogP contribution in [0, 0.1) is 0 Å².